The molecule has 1 aliphatic heterocycles. The highest BCUT2D eigenvalue weighted by Gasteiger charge is 2.36. The van der Waals surface area contributed by atoms with Crippen molar-refractivity contribution in [2.24, 2.45) is 0 Å². The second-order valence-corrected chi connectivity index (χ2v) is 8.80. The van der Waals surface area contributed by atoms with Crippen molar-refractivity contribution in [3.05, 3.63) is 51.9 Å². The molecule has 0 saturated carbocycles. The molecule has 0 atom stereocenters. The van der Waals surface area contributed by atoms with Crippen molar-refractivity contribution in [1.29, 1.82) is 0 Å². The van der Waals surface area contributed by atoms with E-state index in [2.05, 4.69) is 5.32 Å². The van der Waals surface area contributed by atoms with E-state index >= 15 is 0 Å². The fraction of sp³-hybridized carbons (Fsp3) is 0.280. The smallest absolute Gasteiger partial charge is 0.344 e. The molecule has 1 saturated heterocycles. The van der Waals surface area contributed by atoms with Gasteiger partial charge in [0.05, 0.1) is 30.3 Å². The predicted octanol–water partition coefficient (Wildman–Crippen LogP) is 4.36. The second-order valence-electron chi connectivity index (χ2n) is 7.40. The number of thioether (sulfide) groups is 1. The van der Waals surface area contributed by atoms with Gasteiger partial charge in [0, 0.05) is 5.69 Å². The van der Waals surface area contributed by atoms with Gasteiger partial charge in [0.15, 0.2) is 18.1 Å². The third-order valence-corrected chi connectivity index (χ3v) is 6.01. The van der Waals surface area contributed by atoms with Crippen LogP contribution in [-0.4, -0.2) is 61.4 Å². The van der Waals surface area contributed by atoms with Gasteiger partial charge in [-0.1, -0.05) is 11.6 Å². The largest absolute Gasteiger partial charge is 0.497 e. The molecule has 3 amide bonds. The Morgan fingerprint density at radius 1 is 1.08 bits per heavy atom. The van der Waals surface area contributed by atoms with Gasteiger partial charge < -0.3 is 24.3 Å². The van der Waals surface area contributed by atoms with Crippen molar-refractivity contribution in [1.82, 2.24) is 4.90 Å². The summed E-state index contributed by atoms with van der Waals surface area (Å²) in [5, 5.41) is 2.20. The van der Waals surface area contributed by atoms with E-state index in [1.165, 1.54) is 19.3 Å². The number of rotatable bonds is 11. The van der Waals surface area contributed by atoms with Gasteiger partial charge >= 0.3 is 5.97 Å². The number of imide groups is 1. The summed E-state index contributed by atoms with van der Waals surface area (Å²) in [5.41, 5.74) is 0.960. The van der Waals surface area contributed by atoms with Gasteiger partial charge in [0.2, 0.25) is 5.91 Å². The minimum absolute atomic E-state index is 0.112. The lowest BCUT2D eigenvalue weighted by atomic mass is 10.1. The summed E-state index contributed by atoms with van der Waals surface area (Å²) in [7, 11) is 1.53. The van der Waals surface area contributed by atoms with Crippen LogP contribution in [0.5, 0.6) is 17.2 Å². The van der Waals surface area contributed by atoms with E-state index in [1.807, 2.05) is 0 Å². The monoisotopic (exact) mass is 548 g/mol. The van der Waals surface area contributed by atoms with Crippen LogP contribution in [0.2, 0.25) is 5.02 Å². The number of methoxy groups -OCH3 is 1. The van der Waals surface area contributed by atoms with Crippen LogP contribution in [0.25, 0.3) is 6.08 Å². The van der Waals surface area contributed by atoms with E-state index in [-0.39, 0.29) is 41.2 Å². The highest BCUT2D eigenvalue weighted by molar-refractivity contribution is 8.18. The third-order valence-electron chi connectivity index (χ3n) is 4.82. The number of hydrogen-bond acceptors (Lipinski definition) is 9. The molecule has 2 aromatic carbocycles. The molecular formula is C25H25ClN2O8S. The Kier molecular flexibility index (Phi) is 9.81. The van der Waals surface area contributed by atoms with Crippen LogP contribution in [-0.2, 0) is 19.1 Å². The minimum Gasteiger partial charge on any atom is -0.497 e. The maximum Gasteiger partial charge on any atom is 0.344 e. The van der Waals surface area contributed by atoms with Crippen molar-refractivity contribution in [2.75, 3.05) is 38.8 Å². The molecule has 3 rings (SSSR count). The van der Waals surface area contributed by atoms with E-state index in [0.717, 1.165) is 4.90 Å². The van der Waals surface area contributed by atoms with Gasteiger partial charge in [-0.05, 0) is 73.6 Å². The molecule has 1 N–H and O–H groups in total. The lowest BCUT2D eigenvalue weighted by molar-refractivity contribution is -0.145. The zero-order chi connectivity index (χ0) is 26.9. The Bertz CT molecular complexity index is 1220. The van der Waals surface area contributed by atoms with Crippen LogP contribution in [0.1, 0.15) is 19.4 Å². The quantitative estimate of drug-likeness (QED) is 0.322. The van der Waals surface area contributed by atoms with E-state index in [0.29, 0.717) is 28.8 Å². The van der Waals surface area contributed by atoms with Gasteiger partial charge in [-0.2, -0.15) is 0 Å². The molecule has 0 aromatic heterocycles. The molecule has 0 bridgehead atoms. The maximum absolute atomic E-state index is 12.9. The number of carbonyl (C=O) groups is 4. The summed E-state index contributed by atoms with van der Waals surface area (Å²) >= 11 is 7.06. The van der Waals surface area contributed by atoms with E-state index in [9.17, 15) is 19.2 Å². The Morgan fingerprint density at radius 2 is 1.81 bits per heavy atom. The molecule has 37 heavy (non-hydrogen) atoms. The average Bonchev–Trinajstić information content (AvgIpc) is 3.11. The zero-order valence-corrected chi connectivity index (χ0v) is 21.9. The van der Waals surface area contributed by atoms with Crippen LogP contribution in [0.15, 0.2) is 41.3 Å². The fourth-order valence-corrected chi connectivity index (χ4v) is 4.33. The number of halogens is 1. The van der Waals surface area contributed by atoms with Crippen molar-refractivity contribution < 1.29 is 38.1 Å². The molecule has 2 aromatic rings. The van der Waals surface area contributed by atoms with Gasteiger partial charge in [-0.3, -0.25) is 19.3 Å². The molecule has 12 heteroatoms. The molecular weight excluding hydrogens is 524 g/mol. The van der Waals surface area contributed by atoms with Crippen molar-refractivity contribution in [3.63, 3.8) is 0 Å². The SMILES string of the molecule is CCOC(=O)COc1c(Cl)cc(/C=C2/SC(=O)N(CC(=O)Nc3ccc(OC)cc3)C2=O)cc1OCC. The molecule has 10 nitrogen and oxygen atoms in total. The molecule has 1 fully saturated rings. The van der Waals surface area contributed by atoms with Crippen molar-refractivity contribution >= 4 is 58.1 Å². The first-order chi connectivity index (χ1) is 17.7. The number of amides is 3. The van der Waals surface area contributed by atoms with E-state index in [1.54, 1.807) is 44.2 Å². The first kappa shape index (κ1) is 27.9. The van der Waals surface area contributed by atoms with Crippen LogP contribution >= 0.6 is 23.4 Å². The highest BCUT2D eigenvalue weighted by Crippen LogP contribution is 2.39. The summed E-state index contributed by atoms with van der Waals surface area (Å²) in [5.74, 6) is -0.675. The number of ether oxygens (including phenoxy) is 4. The number of nitrogens with zero attached hydrogens (tertiary/aromatic N) is 1. The lowest BCUT2D eigenvalue weighted by Gasteiger charge is -2.14. The van der Waals surface area contributed by atoms with E-state index in [4.69, 9.17) is 30.5 Å². The number of anilines is 1. The first-order valence-electron chi connectivity index (χ1n) is 11.2. The number of esters is 1. The Morgan fingerprint density at radius 3 is 2.46 bits per heavy atom. The molecule has 1 aliphatic rings. The normalized spacial score (nSPS) is 14.1. The Balaban J connectivity index is 1.73. The van der Waals surface area contributed by atoms with Crippen LogP contribution in [0.3, 0.4) is 0 Å². The minimum atomic E-state index is -0.614. The standard InChI is InChI=1S/C25H25ClN2O8S/c1-4-34-19-11-15(10-18(26)23(19)36-14-22(30)35-5-2)12-20-24(31)28(25(32)37-20)13-21(29)27-16-6-8-17(33-3)9-7-16/h6-12H,4-5,13-14H2,1-3H3,(H,27,29)/b20-12+. The second kappa shape index (κ2) is 13.0. The summed E-state index contributed by atoms with van der Waals surface area (Å²) < 4.78 is 21.0. The van der Waals surface area contributed by atoms with Crippen molar-refractivity contribution in [3.8, 4) is 17.2 Å². The predicted molar refractivity (Wildman–Crippen MR) is 139 cm³/mol. The van der Waals surface area contributed by atoms with Crippen LogP contribution < -0.4 is 19.5 Å². The molecule has 196 valence electrons. The molecule has 0 aliphatic carbocycles. The number of carbonyl (C=O) groups excluding carboxylic acids is 4. The third kappa shape index (κ3) is 7.40. The van der Waals surface area contributed by atoms with Gasteiger partial charge in [-0.25, -0.2) is 4.79 Å². The Hall–Kier alpha value is -3.70. The molecule has 1 heterocycles. The fourth-order valence-electron chi connectivity index (χ4n) is 3.21. The highest BCUT2D eigenvalue weighted by atomic mass is 35.5. The van der Waals surface area contributed by atoms with Crippen molar-refractivity contribution in [2.45, 2.75) is 13.8 Å². The first-order valence-corrected chi connectivity index (χ1v) is 12.4. The Labute approximate surface area is 222 Å². The molecule has 0 spiro atoms. The number of hydrogen-bond donors (Lipinski definition) is 1. The lowest BCUT2D eigenvalue weighted by Crippen LogP contribution is -2.36. The topological polar surface area (TPSA) is 120 Å². The van der Waals surface area contributed by atoms with Gasteiger partial charge in [-0.15, -0.1) is 0 Å². The zero-order valence-electron chi connectivity index (χ0n) is 20.4. The number of nitrogens with one attached hydrogen (secondary N) is 1. The molecule has 0 unspecified atom stereocenters. The molecule has 0 radical (unpaired) electrons. The van der Waals surface area contributed by atoms with Crippen LogP contribution in [0.4, 0.5) is 10.5 Å². The summed E-state index contributed by atoms with van der Waals surface area (Å²) in [6, 6.07) is 9.71. The summed E-state index contributed by atoms with van der Waals surface area (Å²) in [6.45, 7) is 3.14. The average molecular weight is 549 g/mol. The van der Waals surface area contributed by atoms with Gasteiger partial charge in [0.25, 0.3) is 11.1 Å². The summed E-state index contributed by atoms with van der Waals surface area (Å²) in [4.78, 5) is 50.4. The maximum atomic E-state index is 12.9. The van der Waals surface area contributed by atoms with Crippen LogP contribution in [0, 0.1) is 0 Å². The number of benzene rings is 2. The van der Waals surface area contributed by atoms with E-state index < -0.39 is 29.6 Å². The summed E-state index contributed by atoms with van der Waals surface area (Å²) in [6.07, 6.45) is 1.47. The van der Waals surface area contributed by atoms with Gasteiger partial charge in [0.1, 0.15) is 12.3 Å².